The van der Waals surface area contributed by atoms with E-state index in [1.165, 1.54) is 0 Å². The molecule has 1 aliphatic rings. The van der Waals surface area contributed by atoms with E-state index in [1.807, 2.05) is 30.5 Å². The molecule has 2 rings (SSSR count). The van der Waals surface area contributed by atoms with Gasteiger partial charge in [-0.2, -0.15) is 0 Å². The second-order valence-corrected chi connectivity index (χ2v) is 4.89. The van der Waals surface area contributed by atoms with Gasteiger partial charge < -0.3 is 10.6 Å². The Labute approximate surface area is 104 Å². The summed E-state index contributed by atoms with van der Waals surface area (Å²) in [5.74, 6) is -0.797. The number of amides is 2. The van der Waals surface area contributed by atoms with Gasteiger partial charge >= 0.3 is 0 Å². The lowest BCUT2D eigenvalue weighted by molar-refractivity contribution is -0.123. The number of carbonyl (C=O) groups excluding carboxylic acids is 2. The van der Waals surface area contributed by atoms with Crippen molar-refractivity contribution < 1.29 is 9.59 Å². The van der Waals surface area contributed by atoms with Crippen molar-refractivity contribution in [2.24, 2.45) is 11.7 Å². The molecule has 2 N–H and O–H groups in total. The first-order chi connectivity index (χ1) is 8.11. The molecule has 2 amide bonds. The van der Waals surface area contributed by atoms with Crippen LogP contribution in [0.2, 0.25) is 0 Å². The number of thioether (sulfide) groups is 1. The highest BCUT2D eigenvalue weighted by Gasteiger charge is 2.33. The van der Waals surface area contributed by atoms with E-state index in [0.29, 0.717) is 6.54 Å². The Bertz CT molecular complexity index is 462. The van der Waals surface area contributed by atoms with Gasteiger partial charge in [-0.15, -0.1) is 11.8 Å². The topological polar surface area (TPSA) is 63.4 Å². The standard InChI is InChI=1S/C12H14N2O2S/c1-17-10-4-2-3-9(6-10)14-7-8(12(13)16)5-11(14)15/h2-4,6,8H,5,7H2,1H3,(H2,13,16). The summed E-state index contributed by atoms with van der Waals surface area (Å²) < 4.78 is 0. The minimum atomic E-state index is -0.401. The Morgan fingerprint density at radius 1 is 1.53 bits per heavy atom. The van der Waals surface area contributed by atoms with Gasteiger partial charge in [-0.25, -0.2) is 0 Å². The molecule has 1 fully saturated rings. The van der Waals surface area contributed by atoms with Crippen LogP contribution in [-0.4, -0.2) is 24.6 Å². The third-order valence-corrected chi connectivity index (χ3v) is 3.62. The van der Waals surface area contributed by atoms with Crippen LogP contribution in [0.5, 0.6) is 0 Å². The van der Waals surface area contributed by atoms with Gasteiger partial charge in [0, 0.05) is 23.5 Å². The number of hydrogen-bond donors (Lipinski definition) is 1. The number of carbonyl (C=O) groups is 2. The lowest BCUT2D eigenvalue weighted by Gasteiger charge is -2.16. The molecule has 4 nitrogen and oxygen atoms in total. The van der Waals surface area contributed by atoms with Crippen molar-refractivity contribution in [1.82, 2.24) is 0 Å². The largest absolute Gasteiger partial charge is 0.369 e. The SMILES string of the molecule is CSc1cccc(N2CC(C(N)=O)CC2=O)c1. The van der Waals surface area contributed by atoms with Gasteiger partial charge in [0.05, 0.1) is 5.92 Å². The summed E-state index contributed by atoms with van der Waals surface area (Å²) in [6, 6.07) is 7.72. The summed E-state index contributed by atoms with van der Waals surface area (Å²) in [5.41, 5.74) is 6.07. The predicted octanol–water partition coefficient (Wildman–Crippen LogP) is 1.25. The van der Waals surface area contributed by atoms with E-state index >= 15 is 0 Å². The van der Waals surface area contributed by atoms with Crippen LogP contribution in [0.3, 0.4) is 0 Å². The minimum Gasteiger partial charge on any atom is -0.369 e. The van der Waals surface area contributed by atoms with E-state index in [2.05, 4.69) is 0 Å². The van der Waals surface area contributed by atoms with Crippen molar-refractivity contribution in [3.63, 3.8) is 0 Å². The molecule has 0 radical (unpaired) electrons. The molecule has 1 atom stereocenters. The molecule has 1 heterocycles. The molecular weight excluding hydrogens is 236 g/mol. The summed E-state index contributed by atoms with van der Waals surface area (Å²) in [6.07, 6.45) is 2.20. The van der Waals surface area contributed by atoms with Gasteiger partial charge in [-0.05, 0) is 24.5 Å². The first-order valence-electron chi connectivity index (χ1n) is 5.35. The van der Waals surface area contributed by atoms with Crippen LogP contribution in [0.4, 0.5) is 5.69 Å². The molecule has 1 unspecified atom stereocenters. The maximum atomic E-state index is 11.8. The van der Waals surface area contributed by atoms with Gasteiger partial charge in [-0.3, -0.25) is 9.59 Å². The highest BCUT2D eigenvalue weighted by atomic mass is 32.2. The van der Waals surface area contributed by atoms with E-state index in [4.69, 9.17) is 5.73 Å². The fraction of sp³-hybridized carbons (Fsp3) is 0.333. The number of anilines is 1. The number of rotatable bonds is 3. The number of primary amides is 1. The molecule has 1 aliphatic heterocycles. The Balaban J connectivity index is 2.22. The number of benzene rings is 1. The smallest absolute Gasteiger partial charge is 0.227 e. The molecule has 0 aromatic heterocycles. The van der Waals surface area contributed by atoms with E-state index in [0.717, 1.165) is 10.6 Å². The van der Waals surface area contributed by atoms with Gasteiger partial charge in [0.15, 0.2) is 0 Å². The molecule has 0 saturated carbocycles. The van der Waals surface area contributed by atoms with Crippen LogP contribution in [0.25, 0.3) is 0 Å². The van der Waals surface area contributed by atoms with Gasteiger partial charge in [-0.1, -0.05) is 6.07 Å². The zero-order valence-electron chi connectivity index (χ0n) is 9.55. The lowest BCUT2D eigenvalue weighted by atomic mass is 10.1. The number of nitrogens with two attached hydrogens (primary N) is 1. The third kappa shape index (κ3) is 2.44. The molecule has 1 aromatic rings. The van der Waals surface area contributed by atoms with Crippen molar-refractivity contribution in [2.45, 2.75) is 11.3 Å². The normalized spacial score (nSPS) is 19.7. The van der Waals surface area contributed by atoms with Crippen LogP contribution in [0.1, 0.15) is 6.42 Å². The maximum absolute atomic E-state index is 11.8. The van der Waals surface area contributed by atoms with Crippen LogP contribution >= 0.6 is 11.8 Å². The minimum absolute atomic E-state index is 0.0351. The van der Waals surface area contributed by atoms with Crippen LogP contribution < -0.4 is 10.6 Å². The highest BCUT2D eigenvalue weighted by molar-refractivity contribution is 7.98. The molecule has 90 valence electrons. The molecule has 0 aliphatic carbocycles. The van der Waals surface area contributed by atoms with E-state index < -0.39 is 5.91 Å². The van der Waals surface area contributed by atoms with Gasteiger partial charge in [0.2, 0.25) is 11.8 Å². The Morgan fingerprint density at radius 3 is 2.88 bits per heavy atom. The fourth-order valence-electron chi connectivity index (χ4n) is 1.93. The van der Waals surface area contributed by atoms with Crippen molar-refractivity contribution in [3.05, 3.63) is 24.3 Å². The first-order valence-corrected chi connectivity index (χ1v) is 6.58. The molecular formula is C12H14N2O2S. The molecule has 5 heteroatoms. The summed E-state index contributed by atoms with van der Waals surface area (Å²) in [7, 11) is 0. The second kappa shape index (κ2) is 4.79. The zero-order chi connectivity index (χ0) is 12.4. The van der Waals surface area contributed by atoms with E-state index in [9.17, 15) is 9.59 Å². The van der Waals surface area contributed by atoms with Crippen molar-refractivity contribution in [1.29, 1.82) is 0 Å². The summed E-state index contributed by atoms with van der Waals surface area (Å²) in [6.45, 7) is 0.395. The van der Waals surface area contributed by atoms with Crippen LogP contribution in [0, 0.1) is 5.92 Å². The third-order valence-electron chi connectivity index (χ3n) is 2.89. The first kappa shape index (κ1) is 12.0. The zero-order valence-corrected chi connectivity index (χ0v) is 10.4. The average molecular weight is 250 g/mol. The average Bonchev–Trinajstić information content (AvgIpc) is 2.72. The second-order valence-electron chi connectivity index (χ2n) is 4.01. The van der Waals surface area contributed by atoms with Crippen molar-refractivity contribution >= 4 is 29.3 Å². The molecule has 1 aromatic carbocycles. The predicted molar refractivity (Wildman–Crippen MR) is 67.9 cm³/mol. The Morgan fingerprint density at radius 2 is 2.29 bits per heavy atom. The van der Waals surface area contributed by atoms with Crippen molar-refractivity contribution in [2.75, 3.05) is 17.7 Å². The molecule has 0 bridgehead atoms. The number of hydrogen-bond acceptors (Lipinski definition) is 3. The quantitative estimate of drug-likeness (QED) is 0.821. The highest BCUT2D eigenvalue weighted by Crippen LogP contribution is 2.27. The Hall–Kier alpha value is -1.49. The van der Waals surface area contributed by atoms with Gasteiger partial charge in [0.1, 0.15) is 0 Å². The number of nitrogens with zero attached hydrogens (tertiary/aromatic N) is 1. The van der Waals surface area contributed by atoms with Crippen LogP contribution in [-0.2, 0) is 9.59 Å². The summed E-state index contributed by atoms with van der Waals surface area (Å²) in [4.78, 5) is 25.6. The molecule has 1 saturated heterocycles. The Kier molecular flexibility index (Phi) is 3.38. The van der Waals surface area contributed by atoms with E-state index in [-0.39, 0.29) is 18.2 Å². The van der Waals surface area contributed by atoms with E-state index in [1.54, 1.807) is 16.7 Å². The fourth-order valence-corrected chi connectivity index (χ4v) is 2.38. The monoisotopic (exact) mass is 250 g/mol. The molecule has 17 heavy (non-hydrogen) atoms. The summed E-state index contributed by atoms with van der Waals surface area (Å²) in [5, 5.41) is 0. The summed E-state index contributed by atoms with van der Waals surface area (Å²) >= 11 is 1.62. The van der Waals surface area contributed by atoms with Crippen LogP contribution in [0.15, 0.2) is 29.2 Å². The van der Waals surface area contributed by atoms with Gasteiger partial charge in [0.25, 0.3) is 0 Å². The maximum Gasteiger partial charge on any atom is 0.227 e. The molecule has 0 spiro atoms. The lowest BCUT2D eigenvalue weighted by Crippen LogP contribution is -2.28. The van der Waals surface area contributed by atoms with Crippen molar-refractivity contribution in [3.8, 4) is 0 Å².